The summed E-state index contributed by atoms with van der Waals surface area (Å²) < 4.78 is 0. The molecular formula is C15H25N7. The minimum atomic E-state index is 0.0252. The average Bonchev–Trinajstić information content (AvgIpc) is 2.95. The molecule has 1 atom stereocenters. The van der Waals surface area contributed by atoms with Crippen molar-refractivity contribution in [2.45, 2.75) is 58.3 Å². The fourth-order valence-corrected chi connectivity index (χ4v) is 2.52. The molecule has 2 aromatic heterocycles. The van der Waals surface area contributed by atoms with Gasteiger partial charge in [0.2, 0.25) is 11.9 Å². The monoisotopic (exact) mass is 303 g/mol. The maximum absolute atomic E-state index is 5.72. The summed E-state index contributed by atoms with van der Waals surface area (Å²) in [4.78, 5) is 20.1. The van der Waals surface area contributed by atoms with Crippen molar-refractivity contribution in [3.05, 3.63) is 23.5 Å². The van der Waals surface area contributed by atoms with Crippen LogP contribution in [0.5, 0.6) is 0 Å². The molecule has 0 radical (unpaired) electrons. The molecule has 0 amide bonds. The lowest BCUT2D eigenvalue weighted by Gasteiger charge is -2.14. The number of aromatic nitrogens is 5. The normalized spacial score (nSPS) is 12.5. The van der Waals surface area contributed by atoms with Gasteiger partial charge in [0.05, 0.1) is 5.92 Å². The summed E-state index contributed by atoms with van der Waals surface area (Å²) in [6.07, 6.45) is 8.40. The average molecular weight is 303 g/mol. The Morgan fingerprint density at radius 2 is 1.77 bits per heavy atom. The van der Waals surface area contributed by atoms with Gasteiger partial charge >= 0.3 is 0 Å². The number of aryl methyl sites for hydroxylation is 1. The van der Waals surface area contributed by atoms with Gasteiger partial charge in [-0.25, -0.2) is 4.98 Å². The zero-order valence-corrected chi connectivity index (χ0v) is 13.3. The molecule has 120 valence electrons. The summed E-state index contributed by atoms with van der Waals surface area (Å²) in [5, 5.41) is 0. The van der Waals surface area contributed by atoms with Gasteiger partial charge in [0.25, 0.3) is 0 Å². The molecule has 2 aromatic rings. The van der Waals surface area contributed by atoms with E-state index < -0.39 is 0 Å². The fraction of sp³-hybridized carbons (Fsp3) is 0.600. The fourth-order valence-electron chi connectivity index (χ4n) is 2.52. The van der Waals surface area contributed by atoms with Gasteiger partial charge in [-0.05, 0) is 6.42 Å². The molecule has 7 heteroatoms. The first-order chi connectivity index (χ1) is 10.6. The quantitative estimate of drug-likeness (QED) is 0.644. The Bertz CT molecular complexity index is 573. The van der Waals surface area contributed by atoms with Crippen LogP contribution in [-0.4, -0.2) is 24.9 Å². The molecule has 0 spiro atoms. The summed E-state index contributed by atoms with van der Waals surface area (Å²) in [6, 6.07) is 0. The van der Waals surface area contributed by atoms with E-state index in [0.717, 1.165) is 30.8 Å². The van der Waals surface area contributed by atoms with Crippen molar-refractivity contribution in [3.63, 3.8) is 0 Å². The van der Waals surface area contributed by atoms with Crippen LogP contribution in [0.3, 0.4) is 0 Å². The number of aromatic amines is 1. The van der Waals surface area contributed by atoms with Gasteiger partial charge in [0.1, 0.15) is 11.6 Å². The van der Waals surface area contributed by atoms with Gasteiger partial charge < -0.3 is 16.5 Å². The van der Waals surface area contributed by atoms with Crippen LogP contribution >= 0.6 is 0 Å². The smallest absolute Gasteiger partial charge is 0.225 e. The maximum Gasteiger partial charge on any atom is 0.225 e. The van der Waals surface area contributed by atoms with E-state index in [1.807, 2.05) is 6.20 Å². The number of nitrogen functional groups attached to an aromatic ring is 2. The topological polar surface area (TPSA) is 119 Å². The van der Waals surface area contributed by atoms with E-state index in [4.69, 9.17) is 11.5 Å². The third-order valence-electron chi connectivity index (χ3n) is 3.70. The molecule has 2 rings (SSSR count). The Kier molecular flexibility index (Phi) is 5.68. The first-order valence-electron chi connectivity index (χ1n) is 7.94. The number of hydrogen-bond donors (Lipinski definition) is 3. The molecule has 0 saturated carbocycles. The van der Waals surface area contributed by atoms with E-state index in [2.05, 4.69) is 38.8 Å². The number of imidazole rings is 1. The van der Waals surface area contributed by atoms with Crippen molar-refractivity contribution in [1.82, 2.24) is 24.9 Å². The zero-order valence-electron chi connectivity index (χ0n) is 13.3. The van der Waals surface area contributed by atoms with Gasteiger partial charge in [-0.1, -0.05) is 39.5 Å². The second-order valence-corrected chi connectivity index (χ2v) is 5.45. The van der Waals surface area contributed by atoms with Crippen LogP contribution in [0.2, 0.25) is 0 Å². The lowest BCUT2D eigenvalue weighted by molar-refractivity contribution is 0.573. The van der Waals surface area contributed by atoms with E-state index in [9.17, 15) is 0 Å². The standard InChI is InChI=1S/C15H25N7/c1-3-5-6-7-8-10(11-9-18-12(4-2)19-11)13-20-14(16)22-15(17)21-13/h9-10H,3-8H2,1-2H3,(H,18,19)(H4,16,17,20,21,22). The first-order valence-corrected chi connectivity index (χ1v) is 7.94. The predicted molar refractivity (Wildman–Crippen MR) is 87.2 cm³/mol. The molecular weight excluding hydrogens is 278 g/mol. The molecule has 0 aliphatic carbocycles. The number of anilines is 2. The van der Waals surface area contributed by atoms with Gasteiger partial charge in [0.15, 0.2) is 0 Å². The van der Waals surface area contributed by atoms with Crippen molar-refractivity contribution in [1.29, 1.82) is 0 Å². The summed E-state index contributed by atoms with van der Waals surface area (Å²) >= 11 is 0. The Morgan fingerprint density at radius 3 is 2.36 bits per heavy atom. The van der Waals surface area contributed by atoms with Crippen LogP contribution in [0, 0.1) is 0 Å². The molecule has 7 nitrogen and oxygen atoms in total. The number of rotatable bonds is 8. The summed E-state index contributed by atoms with van der Waals surface area (Å²) in [5.74, 6) is 1.93. The van der Waals surface area contributed by atoms with Crippen molar-refractivity contribution in [2.75, 3.05) is 11.5 Å². The Hall–Kier alpha value is -2.18. The van der Waals surface area contributed by atoms with Gasteiger partial charge in [-0.15, -0.1) is 0 Å². The van der Waals surface area contributed by atoms with Gasteiger partial charge in [-0.2, -0.15) is 15.0 Å². The highest BCUT2D eigenvalue weighted by Crippen LogP contribution is 2.27. The Balaban J connectivity index is 2.23. The van der Waals surface area contributed by atoms with Gasteiger partial charge in [0, 0.05) is 18.3 Å². The van der Waals surface area contributed by atoms with Crippen LogP contribution in [0.25, 0.3) is 0 Å². The van der Waals surface area contributed by atoms with Crippen molar-refractivity contribution < 1.29 is 0 Å². The van der Waals surface area contributed by atoms with Gasteiger partial charge in [-0.3, -0.25) is 0 Å². The highest BCUT2D eigenvalue weighted by atomic mass is 15.1. The Labute approximate surface area is 131 Å². The summed E-state index contributed by atoms with van der Waals surface area (Å²) in [6.45, 7) is 4.27. The molecule has 0 aliphatic rings. The molecule has 0 aliphatic heterocycles. The van der Waals surface area contributed by atoms with Crippen LogP contribution in [0.15, 0.2) is 6.20 Å². The van der Waals surface area contributed by atoms with E-state index in [1.54, 1.807) is 0 Å². The zero-order chi connectivity index (χ0) is 15.9. The van der Waals surface area contributed by atoms with Crippen molar-refractivity contribution >= 4 is 11.9 Å². The number of nitrogens with two attached hydrogens (primary N) is 2. The molecule has 5 N–H and O–H groups in total. The molecule has 0 aromatic carbocycles. The highest BCUT2D eigenvalue weighted by Gasteiger charge is 2.20. The highest BCUT2D eigenvalue weighted by molar-refractivity contribution is 5.29. The number of unbranched alkanes of at least 4 members (excludes halogenated alkanes) is 3. The van der Waals surface area contributed by atoms with Crippen molar-refractivity contribution in [2.24, 2.45) is 0 Å². The first kappa shape index (κ1) is 16.2. The molecule has 0 fully saturated rings. The summed E-state index contributed by atoms with van der Waals surface area (Å²) in [5.41, 5.74) is 12.4. The van der Waals surface area contributed by atoms with E-state index in [0.29, 0.717) is 5.82 Å². The summed E-state index contributed by atoms with van der Waals surface area (Å²) in [7, 11) is 0. The van der Waals surface area contributed by atoms with Crippen LogP contribution in [-0.2, 0) is 6.42 Å². The number of hydrogen-bond acceptors (Lipinski definition) is 6. The minimum Gasteiger partial charge on any atom is -0.368 e. The number of nitrogens with one attached hydrogen (secondary N) is 1. The SMILES string of the molecule is CCCCCCC(c1nc(N)nc(N)n1)c1cnc(CC)[nH]1. The Morgan fingerprint density at radius 1 is 1.05 bits per heavy atom. The maximum atomic E-state index is 5.72. The number of nitrogens with zero attached hydrogens (tertiary/aromatic N) is 4. The second-order valence-electron chi connectivity index (χ2n) is 5.45. The van der Waals surface area contributed by atoms with E-state index in [1.165, 1.54) is 19.3 Å². The van der Waals surface area contributed by atoms with Crippen LogP contribution in [0.4, 0.5) is 11.9 Å². The minimum absolute atomic E-state index is 0.0252. The van der Waals surface area contributed by atoms with Crippen molar-refractivity contribution in [3.8, 4) is 0 Å². The van der Waals surface area contributed by atoms with Crippen LogP contribution in [0.1, 0.15) is 69.2 Å². The lowest BCUT2D eigenvalue weighted by Crippen LogP contribution is -2.12. The number of H-pyrrole nitrogens is 1. The van der Waals surface area contributed by atoms with E-state index >= 15 is 0 Å². The largest absolute Gasteiger partial charge is 0.368 e. The third kappa shape index (κ3) is 4.16. The second kappa shape index (κ2) is 7.72. The van der Waals surface area contributed by atoms with Crippen LogP contribution < -0.4 is 11.5 Å². The third-order valence-corrected chi connectivity index (χ3v) is 3.70. The molecule has 0 bridgehead atoms. The lowest BCUT2D eigenvalue weighted by atomic mass is 9.97. The van der Waals surface area contributed by atoms with E-state index in [-0.39, 0.29) is 17.8 Å². The molecule has 22 heavy (non-hydrogen) atoms. The molecule has 2 heterocycles. The molecule has 0 saturated heterocycles. The predicted octanol–water partition coefficient (Wildman–Crippen LogP) is 2.42. The molecule has 1 unspecified atom stereocenters.